The van der Waals surface area contributed by atoms with E-state index in [2.05, 4.69) is 30.4 Å². The molecule has 0 unspecified atom stereocenters. The Morgan fingerprint density at radius 2 is 2.04 bits per heavy atom. The summed E-state index contributed by atoms with van der Waals surface area (Å²) >= 11 is 3.22. The van der Waals surface area contributed by atoms with Crippen LogP contribution < -0.4 is 9.46 Å². The predicted molar refractivity (Wildman–Crippen MR) is 107 cm³/mol. The molecule has 1 heterocycles. The smallest absolute Gasteiger partial charge is 0.339 e. The highest BCUT2D eigenvalue weighted by Gasteiger charge is 2.21. The molecule has 1 aromatic heterocycles. The van der Waals surface area contributed by atoms with E-state index in [1.54, 1.807) is 18.3 Å². The second-order valence-corrected chi connectivity index (χ2v) is 9.07. The van der Waals surface area contributed by atoms with E-state index in [1.807, 2.05) is 0 Å². The first-order valence-corrected chi connectivity index (χ1v) is 11.2. The first kappa shape index (κ1) is 20.8. The van der Waals surface area contributed by atoms with Gasteiger partial charge in [-0.1, -0.05) is 6.07 Å². The Bertz CT molecular complexity index is 959. The highest BCUT2D eigenvalue weighted by Crippen LogP contribution is 2.26. The maximum absolute atomic E-state index is 12.7. The molecule has 150 valence electrons. The quantitative estimate of drug-likeness (QED) is 0.625. The van der Waals surface area contributed by atoms with Gasteiger partial charge in [0.25, 0.3) is 0 Å². The lowest BCUT2D eigenvalue weighted by Gasteiger charge is -2.15. The highest BCUT2D eigenvalue weighted by molar-refractivity contribution is 9.10. The summed E-state index contributed by atoms with van der Waals surface area (Å²) < 4.78 is 39.0. The Balaban J connectivity index is 1.76. The minimum Gasteiger partial charge on any atom is -0.474 e. The van der Waals surface area contributed by atoms with Crippen molar-refractivity contribution in [1.29, 1.82) is 0 Å². The van der Waals surface area contributed by atoms with E-state index in [0.29, 0.717) is 15.9 Å². The molecule has 7 nitrogen and oxygen atoms in total. The van der Waals surface area contributed by atoms with Gasteiger partial charge in [-0.05, 0) is 65.9 Å². The van der Waals surface area contributed by atoms with E-state index in [0.717, 1.165) is 25.7 Å². The molecule has 3 rings (SSSR count). The van der Waals surface area contributed by atoms with E-state index in [1.165, 1.54) is 25.3 Å². The number of carbonyl (C=O) groups excluding carboxylic acids is 1. The summed E-state index contributed by atoms with van der Waals surface area (Å²) in [4.78, 5) is 16.0. The fourth-order valence-corrected chi connectivity index (χ4v) is 4.46. The number of aromatic nitrogens is 1. The molecule has 0 atom stereocenters. The summed E-state index contributed by atoms with van der Waals surface area (Å²) in [6, 6.07) is 7.70. The van der Waals surface area contributed by atoms with Crippen LogP contribution >= 0.6 is 15.9 Å². The van der Waals surface area contributed by atoms with Gasteiger partial charge >= 0.3 is 5.97 Å². The van der Waals surface area contributed by atoms with Crippen molar-refractivity contribution in [2.75, 3.05) is 7.11 Å². The molecular weight excluding hydrogens is 448 g/mol. The first-order chi connectivity index (χ1) is 13.4. The number of halogens is 1. The molecular formula is C19H21BrN2O5S. The van der Waals surface area contributed by atoms with Crippen LogP contribution in [-0.2, 0) is 21.3 Å². The van der Waals surface area contributed by atoms with Gasteiger partial charge in [-0.2, -0.15) is 0 Å². The van der Waals surface area contributed by atoms with Crippen LogP contribution in [-0.4, -0.2) is 32.6 Å². The third-order valence-corrected chi connectivity index (χ3v) is 6.63. The fourth-order valence-electron chi connectivity index (χ4n) is 3.02. The number of hydrogen-bond acceptors (Lipinski definition) is 6. The molecule has 1 saturated carbocycles. The number of benzene rings is 1. The molecule has 0 spiro atoms. The summed E-state index contributed by atoms with van der Waals surface area (Å²) in [5, 5.41) is 0. The van der Waals surface area contributed by atoms with Gasteiger partial charge in [-0.15, -0.1) is 0 Å². The van der Waals surface area contributed by atoms with Crippen LogP contribution in [0.5, 0.6) is 5.88 Å². The number of rotatable bonds is 7. The minimum absolute atomic E-state index is 0.0294. The minimum atomic E-state index is -3.85. The summed E-state index contributed by atoms with van der Waals surface area (Å²) in [5.41, 5.74) is 0.792. The first-order valence-electron chi connectivity index (χ1n) is 8.89. The molecule has 0 amide bonds. The summed E-state index contributed by atoms with van der Waals surface area (Å²) in [5.74, 6) is -0.174. The lowest BCUT2D eigenvalue weighted by molar-refractivity contribution is 0.0599. The molecule has 0 radical (unpaired) electrons. The second-order valence-electron chi connectivity index (χ2n) is 6.45. The average molecular weight is 469 g/mol. The van der Waals surface area contributed by atoms with Crippen LogP contribution in [0.2, 0.25) is 0 Å². The molecule has 2 aromatic rings. The number of methoxy groups -OCH3 is 1. The maximum atomic E-state index is 12.7. The van der Waals surface area contributed by atoms with Gasteiger partial charge in [0.05, 0.1) is 17.6 Å². The van der Waals surface area contributed by atoms with E-state index in [-0.39, 0.29) is 23.1 Å². The summed E-state index contributed by atoms with van der Waals surface area (Å²) in [6.45, 7) is 0.0296. The van der Waals surface area contributed by atoms with Crippen molar-refractivity contribution in [3.63, 3.8) is 0 Å². The Kier molecular flexibility index (Phi) is 6.69. The van der Waals surface area contributed by atoms with Crippen molar-refractivity contribution in [3.8, 4) is 5.88 Å². The van der Waals surface area contributed by atoms with Crippen LogP contribution in [0.3, 0.4) is 0 Å². The van der Waals surface area contributed by atoms with Crippen molar-refractivity contribution >= 4 is 31.9 Å². The van der Waals surface area contributed by atoms with E-state index in [9.17, 15) is 13.2 Å². The van der Waals surface area contributed by atoms with Gasteiger partial charge in [0.2, 0.25) is 15.9 Å². The third kappa shape index (κ3) is 4.89. The molecule has 1 fully saturated rings. The largest absolute Gasteiger partial charge is 0.474 e. The SMILES string of the molecule is COC(=O)c1cc(S(=O)(=O)NCc2cccnc2OC2CCCC2)ccc1Br. The number of ether oxygens (including phenoxy) is 2. The van der Waals surface area contributed by atoms with Crippen LogP contribution in [0.25, 0.3) is 0 Å². The molecule has 1 aromatic carbocycles. The molecule has 1 aliphatic rings. The number of nitrogens with one attached hydrogen (secondary N) is 1. The number of carbonyl (C=O) groups is 1. The van der Waals surface area contributed by atoms with Crippen LogP contribution in [0.4, 0.5) is 0 Å². The lowest BCUT2D eigenvalue weighted by atomic mass is 10.2. The van der Waals surface area contributed by atoms with Crippen molar-refractivity contribution in [2.45, 2.75) is 43.2 Å². The Hall–Kier alpha value is -1.97. The average Bonchev–Trinajstić information content (AvgIpc) is 3.20. The molecule has 1 N–H and O–H groups in total. The van der Waals surface area contributed by atoms with Crippen molar-refractivity contribution in [3.05, 3.63) is 52.1 Å². The Labute approximate surface area is 172 Å². The number of hydrogen-bond donors (Lipinski definition) is 1. The normalized spacial score (nSPS) is 14.8. The number of pyridine rings is 1. The molecule has 9 heteroatoms. The van der Waals surface area contributed by atoms with Crippen molar-refractivity contribution < 1.29 is 22.7 Å². The highest BCUT2D eigenvalue weighted by atomic mass is 79.9. The van der Waals surface area contributed by atoms with Crippen LogP contribution in [0.15, 0.2) is 45.9 Å². The molecule has 0 bridgehead atoms. The van der Waals surface area contributed by atoms with Gasteiger partial charge in [0, 0.05) is 22.8 Å². The monoisotopic (exact) mass is 468 g/mol. The molecule has 1 aliphatic carbocycles. The zero-order valence-electron chi connectivity index (χ0n) is 15.4. The van der Waals surface area contributed by atoms with Gasteiger partial charge < -0.3 is 9.47 Å². The summed E-state index contributed by atoms with van der Waals surface area (Å²) in [7, 11) is -2.61. The molecule has 28 heavy (non-hydrogen) atoms. The van der Waals surface area contributed by atoms with Gasteiger partial charge in [0.1, 0.15) is 6.10 Å². The Morgan fingerprint density at radius 1 is 1.29 bits per heavy atom. The number of nitrogens with zero attached hydrogens (tertiary/aromatic N) is 1. The van der Waals surface area contributed by atoms with E-state index < -0.39 is 16.0 Å². The molecule has 0 aliphatic heterocycles. The zero-order valence-corrected chi connectivity index (χ0v) is 17.8. The fraction of sp³-hybridized carbons (Fsp3) is 0.368. The van der Waals surface area contributed by atoms with Crippen LogP contribution in [0.1, 0.15) is 41.6 Å². The van der Waals surface area contributed by atoms with E-state index in [4.69, 9.17) is 4.74 Å². The Morgan fingerprint density at radius 3 is 2.75 bits per heavy atom. The van der Waals surface area contributed by atoms with Gasteiger partial charge in [0.15, 0.2) is 0 Å². The van der Waals surface area contributed by atoms with Crippen molar-refractivity contribution in [2.24, 2.45) is 0 Å². The van der Waals surface area contributed by atoms with E-state index >= 15 is 0 Å². The van der Waals surface area contributed by atoms with Gasteiger partial charge in [-0.3, -0.25) is 0 Å². The lowest BCUT2D eigenvalue weighted by Crippen LogP contribution is -2.24. The standard InChI is InChI=1S/C19H21BrN2O5S/c1-26-19(23)16-11-15(8-9-17(16)20)28(24,25)22-12-13-5-4-10-21-18(13)27-14-6-2-3-7-14/h4-5,8-11,14,22H,2-3,6-7,12H2,1H3. The second kappa shape index (κ2) is 9.02. The number of sulfonamides is 1. The molecule has 0 saturated heterocycles. The van der Waals surface area contributed by atoms with Crippen LogP contribution in [0, 0.1) is 0 Å². The topological polar surface area (TPSA) is 94.6 Å². The van der Waals surface area contributed by atoms with Gasteiger partial charge in [-0.25, -0.2) is 22.9 Å². The maximum Gasteiger partial charge on any atom is 0.339 e. The third-order valence-electron chi connectivity index (χ3n) is 4.54. The number of esters is 1. The zero-order chi connectivity index (χ0) is 20.1. The predicted octanol–water partition coefficient (Wildman–Crippen LogP) is 3.43. The van der Waals surface area contributed by atoms with Crippen molar-refractivity contribution in [1.82, 2.24) is 9.71 Å². The summed E-state index contributed by atoms with van der Waals surface area (Å²) in [6.07, 6.45) is 5.98.